The van der Waals surface area contributed by atoms with Crippen LogP contribution in [0, 0.1) is 23.2 Å². The van der Waals surface area contributed by atoms with Gasteiger partial charge in [0.15, 0.2) is 0 Å². The average molecular weight is 395 g/mol. The van der Waals surface area contributed by atoms with Gasteiger partial charge in [-0.25, -0.2) is 0 Å². The van der Waals surface area contributed by atoms with Crippen molar-refractivity contribution in [3.05, 3.63) is 70.2 Å². The molecule has 3 rings (SSSR count). The van der Waals surface area contributed by atoms with Crippen LogP contribution in [0.25, 0.3) is 0 Å². The molecule has 3 nitrogen and oxygen atoms in total. The molecule has 28 heavy (non-hydrogen) atoms. The summed E-state index contributed by atoms with van der Waals surface area (Å²) in [5.74, 6) is 0.771. The smallest absolute Gasteiger partial charge is 0.223 e. The van der Waals surface area contributed by atoms with Gasteiger partial charge in [0, 0.05) is 17.0 Å². The van der Waals surface area contributed by atoms with Crippen molar-refractivity contribution >= 4 is 17.5 Å². The Morgan fingerprint density at radius 2 is 1.93 bits per heavy atom. The molecule has 1 N–H and O–H groups in total. The van der Waals surface area contributed by atoms with E-state index in [0.717, 1.165) is 36.3 Å². The second-order valence-electron chi connectivity index (χ2n) is 7.96. The van der Waals surface area contributed by atoms with Crippen LogP contribution in [-0.4, -0.2) is 11.9 Å². The normalized spacial score (nSPS) is 17.1. The lowest BCUT2D eigenvalue weighted by Gasteiger charge is -2.33. The summed E-state index contributed by atoms with van der Waals surface area (Å²) in [6.45, 7) is 4.27. The molecule has 1 aliphatic carbocycles. The van der Waals surface area contributed by atoms with E-state index in [4.69, 9.17) is 11.6 Å². The minimum absolute atomic E-state index is 0.0520. The lowest BCUT2D eigenvalue weighted by molar-refractivity contribution is -0.128. The fourth-order valence-corrected chi connectivity index (χ4v) is 3.94. The van der Waals surface area contributed by atoms with Crippen LogP contribution in [0.1, 0.15) is 55.7 Å². The molecule has 0 spiro atoms. The highest BCUT2D eigenvalue weighted by Crippen LogP contribution is 2.33. The summed E-state index contributed by atoms with van der Waals surface area (Å²) in [4.78, 5) is 12.4. The van der Waals surface area contributed by atoms with Crippen molar-refractivity contribution in [2.24, 2.45) is 11.8 Å². The first kappa shape index (κ1) is 20.4. The van der Waals surface area contributed by atoms with Crippen molar-refractivity contribution in [1.29, 1.82) is 5.26 Å². The number of benzene rings is 2. The molecule has 1 saturated carbocycles. The maximum absolute atomic E-state index is 12.4. The van der Waals surface area contributed by atoms with Crippen molar-refractivity contribution in [3.8, 4) is 6.07 Å². The van der Waals surface area contributed by atoms with Gasteiger partial charge in [0.25, 0.3) is 0 Å². The predicted octanol–water partition coefficient (Wildman–Crippen LogP) is 5.48. The van der Waals surface area contributed by atoms with Crippen molar-refractivity contribution in [3.63, 3.8) is 0 Å². The minimum Gasteiger partial charge on any atom is -0.353 e. The molecule has 1 fully saturated rings. The highest BCUT2D eigenvalue weighted by Gasteiger charge is 2.30. The third kappa shape index (κ3) is 4.94. The minimum atomic E-state index is 0.0520. The number of carbonyl (C=O) groups excluding carboxylic acids is 1. The molecule has 0 bridgehead atoms. The van der Waals surface area contributed by atoms with Crippen molar-refractivity contribution in [1.82, 2.24) is 5.32 Å². The van der Waals surface area contributed by atoms with E-state index in [1.54, 1.807) is 0 Å². The largest absolute Gasteiger partial charge is 0.353 e. The molecule has 2 unspecified atom stereocenters. The number of carbonyl (C=O) groups is 1. The Kier molecular flexibility index (Phi) is 6.75. The van der Waals surface area contributed by atoms with Gasteiger partial charge in [0.05, 0.1) is 11.6 Å². The quantitative estimate of drug-likeness (QED) is 0.676. The van der Waals surface area contributed by atoms with Crippen LogP contribution in [0.5, 0.6) is 0 Å². The van der Waals surface area contributed by atoms with Crippen LogP contribution in [0.3, 0.4) is 0 Å². The zero-order valence-corrected chi connectivity index (χ0v) is 17.2. The Balaban J connectivity index is 1.82. The number of nitriles is 1. The van der Waals surface area contributed by atoms with E-state index >= 15 is 0 Å². The molecule has 0 saturated heterocycles. The van der Waals surface area contributed by atoms with Crippen molar-refractivity contribution < 1.29 is 4.79 Å². The van der Waals surface area contributed by atoms with Gasteiger partial charge in [0.2, 0.25) is 5.91 Å². The molecule has 2 aromatic rings. The van der Waals surface area contributed by atoms with Gasteiger partial charge in [-0.1, -0.05) is 49.2 Å². The Morgan fingerprint density at radius 1 is 1.21 bits per heavy atom. The number of halogens is 1. The second-order valence-corrected chi connectivity index (χ2v) is 8.39. The molecule has 0 aromatic heterocycles. The molecule has 146 valence electrons. The highest BCUT2D eigenvalue weighted by molar-refractivity contribution is 6.30. The molecule has 2 aromatic carbocycles. The number of amides is 1. The van der Waals surface area contributed by atoms with Crippen LogP contribution in [0.4, 0.5) is 0 Å². The number of hydrogen-bond acceptors (Lipinski definition) is 2. The molecule has 1 aliphatic rings. The lowest BCUT2D eigenvalue weighted by Crippen LogP contribution is -2.44. The Hall–Kier alpha value is -2.31. The molecule has 1 amide bonds. The number of rotatable bonds is 7. The van der Waals surface area contributed by atoms with Crippen LogP contribution in [0.2, 0.25) is 5.02 Å². The molecular formula is C24H27ClN2O. The summed E-state index contributed by atoms with van der Waals surface area (Å²) >= 11 is 6.04. The summed E-state index contributed by atoms with van der Waals surface area (Å²) in [5, 5.41) is 13.3. The first-order chi connectivity index (χ1) is 13.5. The standard InChI is InChI=1S/C24H27ClN2O/c1-16(17(2)27-24(28)20-6-4-7-20)23(14-18-9-11-22(25)12-10-18)21-8-3-5-19(13-21)15-26/h3,5,8-13,16-17,20,23H,4,6-7,14H2,1-2H3,(H,27,28)/t16?,17?,23-/m0/s1. The lowest BCUT2D eigenvalue weighted by atomic mass is 9.78. The van der Waals surface area contributed by atoms with Gasteiger partial charge >= 0.3 is 0 Å². The molecular weight excluding hydrogens is 368 g/mol. The van der Waals surface area contributed by atoms with E-state index in [9.17, 15) is 10.1 Å². The third-order valence-corrected chi connectivity index (χ3v) is 6.33. The molecule has 0 radical (unpaired) electrons. The monoisotopic (exact) mass is 394 g/mol. The summed E-state index contributed by atoms with van der Waals surface area (Å²) < 4.78 is 0. The number of nitrogens with one attached hydrogen (secondary N) is 1. The molecule has 3 atom stereocenters. The van der Waals surface area contributed by atoms with Crippen LogP contribution in [0.15, 0.2) is 48.5 Å². The van der Waals surface area contributed by atoms with Gasteiger partial charge in [0.1, 0.15) is 0 Å². The summed E-state index contributed by atoms with van der Waals surface area (Å²) in [7, 11) is 0. The zero-order chi connectivity index (χ0) is 20.1. The fraction of sp³-hybridized carbons (Fsp3) is 0.417. The van der Waals surface area contributed by atoms with E-state index in [1.807, 2.05) is 42.5 Å². The highest BCUT2D eigenvalue weighted by atomic mass is 35.5. The third-order valence-electron chi connectivity index (χ3n) is 6.08. The summed E-state index contributed by atoms with van der Waals surface area (Å²) in [5.41, 5.74) is 2.99. The van der Waals surface area contributed by atoms with Crippen LogP contribution < -0.4 is 5.32 Å². The zero-order valence-electron chi connectivity index (χ0n) is 16.5. The summed E-state index contributed by atoms with van der Waals surface area (Å²) in [6.07, 6.45) is 4.00. The van der Waals surface area contributed by atoms with Crippen molar-refractivity contribution in [2.45, 2.75) is 51.5 Å². The van der Waals surface area contributed by atoms with Crippen LogP contribution >= 0.6 is 11.6 Å². The SMILES string of the molecule is CC(NC(=O)C1CCC1)C(C)[C@H](Cc1ccc(Cl)cc1)c1cccc(C#N)c1. The first-order valence-corrected chi connectivity index (χ1v) is 10.4. The van der Waals surface area contributed by atoms with Gasteiger partial charge in [-0.2, -0.15) is 5.26 Å². The van der Waals surface area contributed by atoms with E-state index in [-0.39, 0.29) is 29.7 Å². The second kappa shape index (κ2) is 9.26. The van der Waals surface area contributed by atoms with E-state index < -0.39 is 0 Å². The van der Waals surface area contributed by atoms with Gasteiger partial charge in [-0.3, -0.25) is 4.79 Å². The molecule has 4 heteroatoms. The van der Waals surface area contributed by atoms with Gasteiger partial charge in [-0.15, -0.1) is 0 Å². The first-order valence-electron chi connectivity index (χ1n) is 10.0. The topological polar surface area (TPSA) is 52.9 Å². The van der Waals surface area contributed by atoms with Crippen molar-refractivity contribution in [2.75, 3.05) is 0 Å². The average Bonchev–Trinajstić information content (AvgIpc) is 2.65. The predicted molar refractivity (Wildman–Crippen MR) is 113 cm³/mol. The Bertz CT molecular complexity index is 852. The van der Waals surface area contributed by atoms with E-state index in [0.29, 0.717) is 5.56 Å². The van der Waals surface area contributed by atoms with Crippen LogP contribution in [-0.2, 0) is 11.2 Å². The maximum atomic E-state index is 12.4. The maximum Gasteiger partial charge on any atom is 0.223 e. The fourth-order valence-electron chi connectivity index (χ4n) is 3.81. The Labute approximate surface area is 172 Å². The van der Waals surface area contributed by atoms with E-state index in [1.165, 1.54) is 5.56 Å². The number of nitrogens with zero attached hydrogens (tertiary/aromatic N) is 1. The van der Waals surface area contributed by atoms with Gasteiger partial charge in [-0.05, 0) is 73.4 Å². The Morgan fingerprint density at radius 3 is 2.54 bits per heavy atom. The number of hydrogen-bond donors (Lipinski definition) is 1. The molecule has 0 aliphatic heterocycles. The summed E-state index contributed by atoms with van der Waals surface area (Å²) in [6, 6.07) is 18.0. The van der Waals surface area contributed by atoms with Gasteiger partial charge < -0.3 is 5.32 Å². The van der Waals surface area contributed by atoms with E-state index in [2.05, 4.69) is 31.3 Å². The molecule has 0 heterocycles.